The Labute approximate surface area is 203 Å². The first-order valence-corrected chi connectivity index (χ1v) is 11.5. The number of halogens is 1. The number of nitrogens with one attached hydrogen (secondary N) is 2. The molecule has 0 aliphatic carbocycles. The standard InChI is InChI=1S/C26H26ClN3O4/c1-18-5-4-6-22(15-18)33-14-3-2-13-30-23-16-21(11-12-24(23)34-17-25(30)31)29-26(32)28-20-9-7-19(27)8-10-20/h4-12,15-16H,2-3,13-14,17H2,1H3,(H2,28,29,32). The summed E-state index contributed by atoms with van der Waals surface area (Å²) in [6, 6.07) is 19.6. The van der Waals surface area contributed by atoms with Crippen molar-refractivity contribution in [2.45, 2.75) is 19.8 Å². The van der Waals surface area contributed by atoms with Crippen LogP contribution in [0, 0.1) is 6.92 Å². The maximum atomic E-state index is 12.5. The molecule has 0 spiro atoms. The van der Waals surface area contributed by atoms with E-state index in [1.165, 1.54) is 0 Å². The van der Waals surface area contributed by atoms with Gasteiger partial charge in [0.15, 0.2) is 6.61 Å². The van der Waals surface area contributed by atoms with Gasteiger partial charge >= 0.3 is 6.03 Å². The van der Waals surface area contributed by atoms with Crippen LogP contribution in [0.3, 0.4) is 0 Å². The van der Waals surface area contributed by atoms with Crippen molar-refractivity contribution >= 4 is 40.6 Å². The van der Waals surface area contributed by atoms with Gasteiger partial charge in [-0.05, 0) is 79.9 Å². The lowest BCUT2D eigenvalue weighted by molar-refractivity contribution is -0.121. The van der Waals surface area contributed by atoms with Gasteiger partial charge in [-0.1, -0.05) is 23.7 Å². The highest BCUT2D eigenvalue weighted by Gasteiger charge is 2.25. The van der Waals surface area contributed by atoms with E-state index < -0.39 is 6.03 Å². The van der Waals surface area contributed by atoms with Gasteiger partial charge in [-0.15, -0.1) is 0 Å². The first-order chi connectivity index (χ1) is 16.5. The first kappa shape index (κ1) is 23.4. The number of aryl methyl sites for hydroxylation is 1. The van der Waals surface area contributed by atoms with Crippen LogP contribution in [0.5, 0.6) is 11.5 Å². The molecule has 0 unspecified atom stereocenters. The summed E-state index contributed by atoms with van der Waals surface area (Å²) in [5.74, 6) is 1.34. The van der Waals surface area contributed by atoms with Crippen LogP contribution in [0.25, 0.3) is 0 Å². The average molecular weight is 480 g/mol. The zero-order chi connectivity index (χ0) is 23.9. The van der Waals surface area contributed by atoms with Gasteiger partial charge in [0.2, 0.25) is 0 Å². The number of carbonyl (C=O) groups excluding carboxylic acids is 2. The molecule has 176 valence electrons. The van der Waals surface area contributed by atoms with Crippen molar-refractivity contribution in [3.63, 3.8) is 0 Å². The minimum absolute atomic E-state index is 0.00335. The van der Waals surface area contributed by atoms with Crippen LogP contribution in [-0.2, 0) is 4.79 Å². The topological polar surface area (TPSA) is 79.9 Å². The van der Waals surface area contributed by atoms with Crippen LogP contribution in [-0.4, -0.2) is 31.7 Å². The molecule has 3 amide bonds. The molecule has 1 aliphatic heterocycles. The Morgan fingerprint density at radius 1 is 1.03 bits per heavy atom. The molecule has 4 rings (SSSR count). The van der Waals surface area contributed by atoms with Crippen molar-refractivity contribution in [2.75, 3.05) is 35.3 Å². The van der Waals surface area contributed by atoms with Gasteiger partial charge in [0.1, 0.15) is 11.5 Å². The predicted octanol–water partition coefficient (Wildman–Crippen LogP) is 5.88. The maximum Gasteiger partial charge on any atom is 0.323 e. The smallest absolute Gasteiger partial charge is 0.323 e. The number of hydrogen-bond donors (Lipinski definition) is 2. The van der Waals surface area contributed by atoms with E-state index in [0.717, 1.165) is 24.2 Å². The summed E-state index contributed by atoms with van der Waals surface area (Å²) in [6.07, 6.45) is 1.57. The summed E-state index contributed by atoms with van der Waals surface area (Å²) in [6.45, 7) is 3.13. The third-order valence-electron chi connectivity index (χ3n) is 5.30. The fourth-order valence-electron chi connectivity index (χ4n) is 3.62. The minimum atomic E-state index is -0.398. The number of unbranched alkanes of at least 4 members (excludes halogenated alkanes) is 1. The molecular weight excluding hydrogens is 454 g/mol. The Morgan fingerprint density at radius 2 is 1.79 bits per heavy atom. The van der Waals surface area contributed by atoms with Crippen LogP contribution in [0.1, 0.15) is 18.4 Å². The molecule has 0 saturated heterocycles. The summed E-state index contributed by atoms with van der Waals surface area (Å²) >= 11 is 5.88. The SMILES string of the molecule is Cc1cccc(OCCCCN2C(=O)COc3ccc(NC(=O)Nc4ccc(Cl)cc4)cc32)c1. The largest absolute Gasteiger partial charge is 0.494 e. The molecule has 0 atom stereocenters. The van der Waals surface area contributed by atoms with Gasteiger partial charge in [0.25, 0.3) is 5.91 Å². The van der Waals surface area contributed by atoms with Gasteiger partial charge in [0, 0.05) is 22.9 Å². The number of rotatable bonds is 8. The zero-order valence-electron chi connectivity index (χ0n) is 18.8. The summed E-state index contributed by atoms with van der Waals surface area (Å²) in [5.41, 5.74) is 2.96. The van der Waals surface area contributed by atoms with E-state index in [1.807, 2.05) is 31.2 Å². The molecule has 0 aromatic heterocycles. The molecule has 1 aliphatic rings. The van der Waals surface area contributed by atoms with Gasteiger partial charge in [-0.25, -0.2) is 4.79 Å². The van der Waals surface area contributed by atoms with Crippen LogP contribution < -0.4 is 25.0 Å². The highest BCUT2D eigenvalue weighted by molar-refractivity contribution is 6.30. The Hall–Kier alpha value is -3.71. The number of fused-ring (bicyclic) bond motifs is 1. The van der Waals surface area contributed by atoms with Gasteiger partial charge < -0.3 is 25.0 Å². The molecule has 0 radical (unpaired) electrons. The zero-order valence-corrected chi connectivity index (χ0v) is 19.6. The Bertz CT molecular complexity index is 1170. The van der Waals surface area contributed by atoms with Crippen molar-refractivity contribution < 1.29 is 19.1 Å². The quantitative estimate of drug-likeness (QED) is 0.395. The van der Waals surface area contributed by atoms with E-state index in [4.69, 9.17) is 21.1 Å². The molecule has 0 bridgehead atoms. The minimum Gasteiger partial charge on any atom is -0.494 e. The van der Waals surface area contributed by atoms with Crippen LogP contribution in [0.15, 0.2) is 66.7 Å². The lowest BCUT2D eigenvalue weighted by atomic mass is 10.2. The molecular formula is C26H26ClN3O4. The number of nitrogens with zero attached hydrogens (tertiary/aromatic N) is 1. The molecule has 2 N–H and O–H groups in total. The number of carbonyl (C=O) groups is 2. The van der Waals surface area contributed by atoms with Crippen molar-refractivity contribution in [1.82, 2.24) is 0 Å². The summed E-state index contributed by atoms with van der Waals surface area (Å²) in [4.78, 5) is 26.6. The van der Waals surface area contributed by atoms with Crippen molar-refractivity contribution in [2.24, 2.45) is 0 Å². The lowest BCUT2D eigenvalue weighted by Crippen LogP contribution is -2.39. The van der Waals surface area contributed by atoms with E-state index in [1.54, 1.807) is 47.4 Å². The molecule has 1 heterocycles. The monoisotopic (exact) mass is 479 g/mol. The van der Waals surface area contributed by atoms with E-state index >= 15 is 0 Å². The normalized spacial score (nSPS) is 12.5. The third-order valence-corrected chi connectivity index (χ3v) is 5.55. The average Bonchev–Trinajstić information content (AvgIpc) is 2.81. The highest BCUT2D eigenvalue weighted by Crippen LogP contribution is 2.35. The molecule has 0 saturated carbocycles. The summed E-state index contributed by atoms with van der Waals surface area (Å²) in [7, 11) is 0. The predicted molar refractivity (Wildman–Crippen MR) is 134 cm³/mol. The maximum absolute atomic E-state index is 12.5. The van der Waals surface area contributed by atoms with Gasteiger partial charge in [-0.3, -0.25) is 4.79 Å². The Kier molecular flexibility index (Phi) is 7.54. The number of anilines is 3. The Balaban J connectivity index is 1.33. The van der Waals surface area contributed by atoms with Crippen molar-refractivity contribution in [3.05, 3.63) is 77.3 Å². The Morgan fingerprint density at radius 3 is 2.59 bits per heavy atom. The summed E-state index contributed by atoms with van der Waals surface area (Å²) in [5, 5.41) is 6.13. The number of amides is 3. The number of hydrogen-bond acceptors (Lipinski definition) is 4. The second kappa shape index (κ2) is 10.9. The van der Waals surface area contributed by atoms with Crippen molar-refractivity contribution in [1.29, 1.82) is 0 Å². The third kappa shape index (κ3) is 6.20. The van der Waals surface area contributed by atoms with E-state index in [-0.39, 0.29) is 12.5 Å². The lowest BCUT2D eigenvalue weighted by Gasteiger charge is -2.30. The van der Waals surface area contributed by atoms with Gasteiger partial charge in [0.05, 0.1) is 12.3 Å². The van der Waals surface area contributed by atoms with Crippen LogP contribution >= 0.6 is 11.6 Å². The fraction of sp³-hybridized carbons (Fsp3) is 0.231. The summed E-state index contributed by atoms with van der Waals surface area (Å²) < 4.78 is 11.4. The van der Waals surface area contributed by atoms with E-state index in [0.29, 0.717) is 41.0 Å². The van der Waals surface area contributed by atoms with Crippen molar-refractivity contribution in [3.8, 4) is 11.5 Å². The second-order valence-corrected chi connectivity index (χ2v) is 8.41. The van der Waals surface area contributed by atoms with E-state index in [2.05, 4.69) is 10.6 Å². The van der Waals surface area contributed by atoms with Gasteiger partial charge in [-0.2, -0.15) is 0 Å². The molecule has 3 aromatic rings. The first-order valence-electron chi connectivity index (χ1n) is 11.1. The highest BCUT2D eigenvalue weighted by atomic mass is 35.5. The second-order valence-electron chi connectivity index (χ2n) is 7.97. The van der Waals surface area contributed by atoms with E-state index in [9.17, 15) is 9.59 Å². The number of ether oxygens (including phenoxy) is 2. The van der Waals surface area contributed by atoms with Crippen LogP contribution in [0.4, 0.5) is 21.9 Å². The number of benzene rings is 3. The fourth-order valence-corrected chi connectivity index (χ4v) is 3.74. The molecule has 3 aromatic carbocycles. The molecule has 34 heavy (non-hydrogen) atoms. The molecule has 7 nitrogen and oxygen atoms in total. The number of urea groups is 1. The molecule has 0 fully saturated rings. The van der Waals surface area contributed by atoms with Crippen LogP contribution in [0.2, 0.25) is 5.02 Å². The molecule has 8 heteroatoms.